The Morgan fingerprint density at radius 3 is 2.62 bits per heavy atom. The molecule has 134 valence electrons. The summed E-state index contributed by atoms with van der Waals surface area (Å²) >= 11 is 0. The van der Waals surface area contributed by atoms with E-state index in [0.717, 1.165) is 22.4 Å². The van der Waals surface area contributed by atoms with Gasteiger partial charge in [-0.1, -0.05) is 62.4 Å². The standard InChI is InChI=1S/C21H23N3O2/c1-14(2)17-11-7-8-15(3)20(17)24-21(25)23-13-19-22-12-18(26-19)16-9-5-4-6-10-16/h4-12,14H,13H2,1-3H3,(H2,23,24,25). The van der Waals surface area contributed by atoms with Crippen molar-refractivity contribution in [2.24, 2.45) is 0 Å². The average molecular weight is 349 g/mol. The monoisotopic (exact) mass is 349 g/mol. The van der Waals surface area contributed by atoms with E-state index in [4.69, 9.17) is 4.42 Å². The van der Waals surface area contributed by atoms with Crippen molar-refractivity contribution in [1.82, 2.24) is 10.3 Å². The molecule has 0 fully saturated rings. The molecular weight excluding hydrogens is 326 g/mol. The first-order valence-electron chi connectivity index (χ1n) is 8.69. The number of urea groups is 1. The highest BCUT2D eigenvalue weighted by atomic mass is 16.4. The lowest BCUT2D eigenvalue weighted by Crippen LogP contribution is -2.29. The number of aryl methyl sites for hydroxylation is 1. The van der Waals surface area contributed by atoms with Crippen LogP contribution in [0.1, 0.15) is 36.8 Å². The van der Waals surface area contributed by atoms with Gasteiger partial charge in [-0.25, -0.2) is 9.78 Å². The maximum absolute atomic E-state index is 12.3. The molecule has 0 spiro atoms. The first-order chi connectivity index (χ1) is 12.5. The summed E-state index contributed by atoms with van der Waals surface area (Å²) < 4.78 is 5.70. The van der Waals surface area contributed by atoms with E-state index in [9.17, 15) is 4.79 Å². The number of nitrogens with zero attached hydrogens (tertiary/aromatic N) is 1. The number of nitrogens with one attached hydrogen (secondary N) is 2. The Morgan fingerprint density at radius 1 is 1.12 bits per heavy atom. The molecule has 0 aliphatic carbocycles. The molecule has 1 heterocycles. The van der Waals surface area contributed by atoms with E-state index in [-0.39, 0.29) is 12.6 Å². The van der Waals surface area contributed by atoms with E-state index in [0.29, 0.717) is 17.6 Å². The minimum absolute atomic E-state index is 0.224. The molecule has 0 saturated heterocycles. The summed E-state index contributed by atoms with van der Waals surface area (Å²) in [6.45, 7) is 6.43. The maximum Gasteiger partial charge on any atom is 0.319 e. The molecular formula is C21H23N3O2. The zero-order chi connectivity index (χ0) is 18.5. The predicted octanol–water partition coefficient (Wildman–Crippen LogP) is 5.10. The van der Waals surface area contributed by atoms with Crippen molar-refractivity contribution >= 4 is 11.7 Å². The number of para-hydroxylation sites is 1. The Morgan fingerprint density at radius 2 is 1.88 bits per heavy atom. The van der Waals surface area contributed by atoms with Crippen LogP contribution in [0.25, 0.3) is 11.3 Å². The number of benzene rings is 2. The second-order valence-corrected chi connectivity index (χ2v) is 6.49. The molecule has 0 aliphatic heterocycles. The molecule has 5 nitrogen and oxygen atoms in total. The summed E-state index contributed by atoms with van der Waals surface area (Å²) in [6.07, 6.45) is 1.67. The van der Waals surface area contributed by atoms with Crippen LogP contribution in [0.15, 0.2) is 59.1 Å². The summed E-state index contributed by atoms with van der Waals surface area (Å²) in [5.74, 6) is 1.47. The number of carbonyl (C=O) groups is 1. The third-order valence-corrected chi connectivity index (χ3v) is 4.18. The molecule has 26 heavy (non-hydrogen) atoms. The first kappa shape index (κ1) is 17.7. The van der Waals surface area contributed by atoms with Crippen LogP contribution in [0, 0.1) is 6.92 Å². The zero-order valence-electron chi connectivity index (χ0n) is 15.2. The van der Waals surface area contributed by atoms with Gasteiger partial charge < -0.3 is 15.1 Å². The van der Waals surface area contributed by atoms with E-state index >= 15 is 0 Å². The lowest BCUT2D eigenvalue weighted by molar-refractivity contribution is 0.250. The maximum atomic E-state index is 12.3. The van der Waals surface area contributed by atoms with Crippen molar-refractivity contribution in [2.75, 3.05) is 5.32 Å². The quantitative estimate of drug-likeness (QED) is 0.674. The average Bonchev–Trinajstić information content (AvgIpc) is 3.11. The van der Waals surface area contributed by atoms with Gasteiger partial charge in [-0.3, -0.25) is 0 Å². The van der Waals surface area contributed by atoms with Gasteiger partial charge in [0, 0.05) is 11.3 Å². The predicted molar refractivity (Wildman–Crippen MR) is 103 cm³/mol. The molecule has 0 radical (unpaired) electrons. The van der Waals surface area contributed by atoms with Crippen LogP contribution < -0.4 is 10.6 Å². The van der Waals surface area contributed by atoms with E-state index in [1.165, 1.54) is 0 Å². The SMILES string of the molecule is Cc1cccc(C(C)C)c1NC(=O)NCc1ncc(-c2ccccc2)o1. The molecule has 2 N–H and O–H groups in total. The highest BCUT2D eigenvalue weighted by Gasteiger charge is 2.13. The fourth-order valence-corrected chi connectivity index (χ4v) is 2.78. The van der Waals surface area contributed by atoms with Crippen molar-refractivity contribution in [3.63, 3.8) is 0 Å². The number of anilines is 1. The normalized spacial score (nSPS) is 10.8. The largest absolute Gasteiger partial charge is 0.439 e. The number of hydrogen-bond donors (Lipinski definition) is 2. The Bertz CT molecular complexity index is 885. The minimum atomic E-state index is -0.277. The zero-order valence-corrected chi connectivity index (χ0v) is 15.2. The number of rotatable bonds is 5. The lowest BCUT2D eigenvalue weighted by Gasteiger charge is -2.16. The number of carbonyl (C=O) groups excluding carboxylic acids is 1. The topological polar surface area (TPSA) is 67.2 Å². The van der Waals surface area contributed by atoms with Crippen molar-refractivity contribution < 1.29 is 9.21 Å². The molecule has 1 aromatic heterocycles. The first-order valence-corrected chi connectivity index (χ1v) is 8.69. The number of oxazole rings is 1. The molecule has 0 bridgehead atoms. The molecule has 0 aliphatic rings. The van der Waals surface area contributed by atoms with Gasteiger partial charge in [0.2, 0.25) is 5.89 Å². The van der Waals surface area contributed by atoms with Crippen LogP contribution in [0.4, 0.5) is 10.5 Å². The third kappa shape index (κ3) is 4.11. The Hall–Kier alpha value is -3.08. The van der Waals surface area contributed by atoms with Gasteiger partial charge in [-0.2, -0.15) is 0 Å². The Kier molecular flexibility index (Phi) is 5.37. The van der Waals surface area contributed by atoms with Gasteiger partial charge in [0.15, 0.2) is 5.76 Å². The van der Waals surface area contributed by atoms with Gasteiger partial charge in [-0.15, -0.1) is 0 Å². The molecule has 3 aromatic rings. The van der Waals surface area contributed by atoms with Gasteiger partial charge >= 0.3 is 6.03 Å². The molecule has 2 aromatic carbocycles. The summed E-state index contributed by atoms with van der Waals surface area (Å²) in [4.78, 5) is 16.5. The van der Waals surface area contributed by atoms with E-state index in [2.05, 4.69) is 29.5 Å². The van der Waals surface area contributed by atoms with Gasteiger partial charge in [-0.05, 0) is 24.0 Å². The summed E-state index contributed by atoms with van der Waals surface area (Å²) in [5, 5.41) is 5.75. The van der Waals surface area contributed by atoms with Crippen molar-refractivity contribution in [3.05, 3.63) is 71.7 Å². The second kappa shape index (κ2) is 7.87. The van der Waals surface area contributed by atoms with Crippen molar-refractivity contribution in [1.29, 1.82) is 0 Å². The number of hydrogen-bond acceptors (Lipinski definition) is 3. The van der Waals surface area contributed by atoms with Crippen LogP contribution in [0.5, 0.6) is 0 Å². The van der Waals surface area contributed by atoms with Crippen LogP contribution in [-0.2, 0) is 6.54 Å². The van der Waals surface area contributed by atoms with E-state index in [1.54, 1.807) is 6.20 Å². The minimum Gasteiger partial charge on any atom is -0.439 e. The summed E-state index contributed by atoms with van der Waals surface area (Å²) in [5.41, 5.74) is 3.96. The van der Waals surface area contributed by atoms with Gasteiger partial charge in [0.25, 0.3) is 0 Å². The summed E-state index contributed by atoms with van der Waals surface area (Å²) in [7, 11) is 0. The number of amides is 2. The van der Waals surface area contributed by atoms with Crippen molar-refractivity contribution in [3.8, 4) is 11.3 Å². The smallest absolute Gasteiger partial charge is 0.319 e. The molecule has 5 heteroatoms. The number of aromatic nitrogens is 1. The Balaban J connectivity index is 1.63. The summed E-state index contributed by atoms with van der Waals surface area (Å²) in [6, 6.07) is 15.5. The fourth-order valence-electron chi connectivity index (χ4n) is 2.78. The molecule has 3 rings (SSSR count). The lowest BCUT2D eigenvalue weighted by atomic mass is 9.98. The molecule has 2 amide bonds. The third-order valence-electron chi connectivity index (χ3n) is 4.18. The fraction of sp³-hybridized carbons (Fsp3) is 0.238. The highest BCUT2D eigenvalue weighted by Crippen LogP contribution is 2.27. The van der Waals surface area contributed by atoms with Gasteiger partial charge in [0.05, 0.1) is 12.7 Å². The highest BCUT2D eigenvalue weighted by molar-refractivity contribution is 5.91. The molecule has 0 atom stereocenters. The van der Waals surface area contributed by atoms with Crippen LogP contribution in [-0.4, -0.2) is 11.0 Å². The second-order valence-electron chi connectivity index (χ2n) is 6.49. The van der Waals surface area contributed by atoms with E-state index in [1.807, 2.05) is 55.5 Å². The van der Waals surface area contributed by atoms with Crippen LogP contribution in [0.3, 0.4) is 0 Å². The van der Waals surface area contributed by atoms with Crippen LogP contribution >= 0.6 is 0 Å². The van der Waals surface area contributed by atoms with E-state index < -0.39 is 0 Å². The van der Waals surface area contributed by atoms with Gasteiger partial charge in [0.1, 0.15) is 0 Å². The van der Waals surface area contributed by atoms with Crippen LogP contribution in [0.2, 0.25) is 0 Å². The Labute approximate surface area is 153 Å². The molecule has 0 unspecified atom stereocenters. The van der Waals surface area contributed by atoms with Crippen molar-refractivity contribution in [2.45, 2.75) is 33.2 Å². The molecule has 0 saturated carbocycles.